The van der Waals surface area contributed by atoms with Crippen molar-refractivity contribution < 1.29 is 4.79 Å². The Hall–Kier alpha value is -1.42. The first kappa shape index (κ1) is 15.0. The molecular formula is C16H25N3O. The summed E-state index contributed by atoms with van der Waals surface area (Å²) in [4.78, 5) is 16.0. The van der Waals surface area contributed by atoms with Gasteiger partial charge in [-0.2, -0.15) is 0 Å². The molecule has 1 fully saturated rings. The van der Waals surface area contributed by atoms with Gasteiger partial charge in [0.1, 0.15) is 0 Å². The van der Waals surface area contributed by atoms with Crippen LogP contribution in [0.15, 0.2) is 24.5 Å². The van der Waals surface area contributed by atoms with Gasteiger partial charge in [-0.25, -0.2) is 0 Å². The van der Waals surface area contributed by atoms with Crippen LogP contribution in [-0.2, 0) is 4.79 Å². The van der Waals surface area contributed by atoms with Gasteiger partial charge in [-0.1, -0.05) is 13.8 Å². The quantitative estimate of drug-likeness (QED) is 0.865. The summed E-state index contributed by atoms with van der Waals surface area (Å²) in [6, 6.07) is 4.37. The summed E-state index contributed by atoms with van der Waals surface area (Å²) >= 11 is 0. The standard InChI is InChI=1S/C16H25N3O/c1-12-4-3-7-18-15(12)11-19-16(20)10-13(2)14-5-8-17-9-6-14/h5-6,8-9,12-13,15,18H,3-4,7,10-11H2,1-2H3,(H,19,20). The second kappa shape index (κ2) is 7.39. The van der Waals surface area contributed by atoms with Crippen molar-refractivity contribution in [1.29, 1.82) is 0 Å². The van der Waals surface area contributed by atoms with Gasteiger partial charge in [-0.15, -0.1) is 0 Å². The molecule has 2 N–H and O–H groups in total. The number of hydrogen-bond donors (Lipinski definition) is 2. The highest BCUT2D eigenvalue weighted by atomic mass is 16.1. The number of nitrogens with one attached hydrogen (secondary N) is 2. The van der Waals surface area contributed by atoms with E-state index in [1.54, 1.807) is 12.4 Å². The molecule has 0 spiro atoms. The highest BCUT2D eigenvalue weighted by molar-refractivity contribution is 5.76. The van der Waals surface area contributed by atoms with E-state index in [-0.39, 0.29) is 11.8 Å². The van der Waals surface area contributed by atoms with Gasteiger partial charge < -0.3 is 10.6 Å². The van der Waals surface area contributed by atoms with E-state index in [4.69, 9.17) is 0 Å². The number of nitrogens with zero attached hydrogens (tertiary/aromatic N) is 1. The monoisotopic (exact) mass is 275 g/mol. The lowest BCUT2D eigenvalue weighted by atomic mass is 9.92. The lowest BCUT2D eigenvalue weighted by Crippen LogP contribution is -2.47. The summed E-state index contributed by atoms with van der Waals surface area (Å²) in [5, 5.41) is 6.55. The predicted octanol–water partition coefficient (Wildman–Crippen LogP) is 2.08. The molecule has 1 saturated heterocycles. The van der Waals surface area contributed by atoms with E-state index in [2.05, 4.69) is 29.5 Å². The maximum absolute atomic E-state index is 12.0. The third-order valence-electron chi connectivity index (χ3n) is 4.22. The number of aromatic nitrogens is 1. The van der Waals surface area contributed by atoms with Crippen LogP contribution in [0, 0.1) is 5.92 Å². The van der Waals surface area contributed by atoms with E-state index in [1.165, 1.54) is 18.4 Å². The zero-order valence-corrected chi connectivity index (χ0v) is 12.4. The predicted molar refractivity (Wildman–Crippen MR) is 80.5 cm³/mol. The molecule has 0 saturated carbocycles. The van der Waals surface area contributed by atoms with Crippen LogP contribution in [0.3, 0.4) is 0 Å². The molecule has 1 aromatic heterocycles. The van der Waals surface area contributed by atoms with Crippen LogP contribution in [0.1, 0.15) is 44.6 Å². The highest BCUT2D eigenvalue weighted by Crippen LogP contribution is 2.18. The molecule has 3 atom stereocenters. The van der Waals surface area contributed by atoms with Crippen LogP contribution in [0.5, 0.6) is 0 Å². The minimum atomic E-state index is 0.133. The fourth-order valence-electron chi connectivity index (χ4n) is 2.77. The lowest BCUT2D eigenvalue weighted by molar-refractivity contribution is -0.121. The van der Waals surface area contributed by atoms with Crippen molar-refractivity contribution in [3.05, 3.63) is 30.1 Å². The Labute approximate surface area is 121 Å². The molecule has 110 valence electrons. The average Bonchev–Trinajstić information content (AvgIpc) is 2.47. The van der Waals surface area contributed by atoms with E-state index in [0.29, 0.717) is 18.4 Å². The van der Waals surface area contributed by atoms with Gasteiger partial charge in [-0.3, -0.25) is 9.78 Å². The third kappa shape index (κ3) is 4.30. The van der Waals surface area contributed by atoms with Crippen molar-refractivity contribution >= 4 is 5.91 Å². The van der Waals surface area contributed by atoms with Crippen molar-refractivity contribution in [3.8, 4) is 0 Å². The highest BCUT2D eigenvalue weighted by Gasteiger charge is 2.21. The largest absolute Gasteiger partial charge is 0.355 e. The second-order valence-corrected chi connectivity index (χ2v) is 5.87. The van der Waals surface area contributed by atoms with Gasteiger partial charge in [0.2, 0.25) is 5.91 Å². The fraction of sp³-hybridized carbons (Fsp3) is 0.625. The molecule has 1 aliphatic rings. The van der Waals surface area contributed by atoms with Crippen LogP contribution in [0.25, 0.3) is 0 Å². The number of carbonyl (C=O) groups excluding carboxylic acids is 1. The zero-order chi connectivity index (χ0) is 14.4. The minimum absolute atomic E-state index is 0.133. The molecule has 1 aromatic rings. The first-order chi connectivity index (χ1) is 9.66. The summed E-state index contributed by atoms with van der Waals surface area (Å²) in [7, 11) is 0. The maximum Gasteiger partial charge on any atom is 0.220 e. The summed E-state index contributed by atoms with van der Waals surface area (Å²) < 4.78 is 0. The van der Waals surface area contributed by atoms with Crippen LogP contribution >= 0.6 is 0 Å². The number of hydrogen-bond acceptors (Lipinski definition) is 3. The van der Waals surface area contributed by atoms with Crippen molar-refractivity contribution in [3.63, 3.8) is 0 Å². The molecule has 3 unspecified atom stereocenters. The van der Waals surface area contributed by atoms with E-state index < -0.39 is 0 Å². The normalized spacial score (nSPS) is 24.1. The number of pyridine rings is 1. The van der Waals surface area contributed by atoms with Gasteiger partial charge in [0.25, 0.3) is 0 Å². The summed E-state index contributed by atoms with van der Waals surface area (Å²) in [6.07, 6.45) is 6.57. The average molecular weight is 275 g/mol. The number of amides is 1. The number of carbonyl (C=O) groups is 1. The molecule has 0 aromatic carbocycles. The number of rotatable bonds is 5. The zero-order valence-electron chi connectivity index (χ0n) is 12.4. The lowest BCUT2D eigenvalue weighted by Gasteiger charge is -2.30. The van der Waals surface area contributed by atoms with Crippen LogP contribution < -0.4 is 10.6 Å². The van der Waals surface area contributed by atoms with Gasteiger partial charge in [0, 0.05) is 31.4 Å². The second-order valence-electron chi connectivity index (χ2n) is 5.87. The molecule has 0 bridgehead atoms. The maximum atomic E-state index is 12.0. The Morgan fingerprint density at radius 1 is 1.50 bits per heavy atom. The Kier molecular flexibility index (Phi) is 5.53. The van der Waals surface area contributed by atoms with E-state index in [0.717, 1.165) is 13.1 Å². The van der Waals surface area contributed by atoms with Gasteiger partial charge in [0.05, 0.1) is 0 Å². The Balaban J connectivity index is 1.75. The van der Waals surface area contributed by atoms with Crippen LogP contribution in [0.2, 0.25) is 0 Å². The SMILES string of the molecule is CC(CC(=O)NCC1NCCCC1C)c1ccncc1. The first-order valence-electron chi connectivity index (χ1n) is 7.57. The van der Waals surface area contributed by atoms with Crippen molar-refractivity contribution in [2.75, 3.05) is 13.1 Å². The molecule has 1 aliphatic heterocycles. The van der Waals surface area contributed by atoms with Gasteiger partial charge in [0.15, 0.2) is 0 Å². The molecule has 1 amide bonds. The molecular weight excluding hydrogens is 250 g/mol. The topological polar surface area (TPSA) is 54.0 Å². The Morgan fingerprint density at radius 2 is 2.25 bits per heavy atom. The number of piperidine rings is 1. The molecule has 2 heterocycles. The molecule has 4 nitrogen and oxygen atoms in total. The summed E-state index contributed by atoms with van der Waals surface area (Å²) in [5.74, 6) is 1.00. The first-order valence-corrected chi connectivity index (χ1v) is 7.57. The molecule has 4 heteroatoms. The minimum Gasteiger partial charge on any atom is -0.355 e. The van der Waals surface area contributed by atoms with Crippen molar-refractivity contribution in [2.24, 2.45) is 5.92 Å². The summed E-state index contributed by atoms with van der Waals surface area (Å²) in [5.41, 5.74) is 1.17. The fourth-order valence-corrected chi connectivity index (χ4v) is 2.77. The van der Waals surface area contributed by atoms with E-state index >= 15 is 0 Å². The van der Waals surface area contributed by atoms with E-state index in [9.17, 15) is 4.79 Å². The van der Waals surface area contributed by atoms with Crippen LogP contribution in [-0.4, -0.2) is 30.0 Å². The molecule has 20 heavy (non-hydrogen) atoms. The third-order valence-corrected chi connectivity index (χ3v) is 4.22. The van der Waals surface area contributed by atoms with Gasteiger partial charge >= 0.3 is 0 Å². The Bertz CT molecular complexity index is 421. The van der Waals surface area contributed by atoms with E-state index in [1.807, 2.05) is 12.1 Å². The smallest absolute Gasteiger partial charge is 0.220 e. The van der Waals surface area contributed by atoms with Gasteiger partial charge in [-0.05, 0) is 48.9 Å². The van der Waals surface area contributed by atoms with Crippen molar-refractivity contribution in [2.45, 2.75) is 45.1 Å². The Morgan fingerprint density at radius 3 is 2.95 bits per heavy atom. The molecule has 0 radical (unpaired) electrons. The summed E-state index contributed by atoms with van der Waals surface area (Å²) in [6.45, 7) is 6.14. The molecule has 0 aliphatic carbocycles. The van der Waals surface area contributed by atoms with Crippen molar-refractivity contribution in [1.82, 2.24) is 15.6 Å². The van der Waals surface area contributed by atoms with Crippen LogP contribution in [0.4, 0.5) is 0 Å². The molecule has 2 rings (SSSR count).